The normalized spacial score (nSPS) is 10.7. The van der Waals surface area contributed by atoms with E-state index < -0.39 is 5.82 Å². The summed E-state index contributed by atoms with van der Waals surface area (Å²) in [5.41, 5.74) is 0.988. The smallest absolute Gasteiger partial charge is 0.184 e. The molecule has 0 saturated carbocycles. The van der Waals surface area contributed by atoms with Gasteiger partial charge in [0.2, 0.25) is 0 Å². The van der Waals surface area contributed by atoms with Crippen LogP contribution in [-0.2, 0) is 13.2 Å². The van der Waals surface area contributed by atoms with Gasteiger partial charge in [-0.25, -0.2) is 9.07 Å². The highest BCUT2D eigenvalue weighted by atomic mass is 79.9. The molecule has 0 aliphatic rings. The van der Waals surface area contributed by atoms with Gasteiger partial charge in [-0.15, -0.1) is 5.10 Å². The number of nitrogens with zero attached hydrogens (tertiary/aromatic N) is 3. The third-order valence-corrected chi connectivity index (χ3v) is 4.59. The number of hydrogen-bond acceptors (Lipinski definition) is 5. The Labute approximate surface area is 164 Å². The zero-order valence-electron chi connectivity index (χ0n) is 13.2. The molecule has 0 unspecified atom stereocenters. The van der Waals surface area contributed by atoms with Crippen LogP contribution in [0.5, 0.6) is 11.5 Å². The third-order valence-electron chi connectivity index (χ3n) is 3.41. The van der Waals surface area contributed by atoms with E-state index in [4.69, 9.17) is 4.74 Å². The van der Waals surface area contributed by atoms with Gasteiger partial charge in [-0.05, 0) is 68.3 Å². The second-order valence-corrected chi connectivity index (χ2v) is 7.07. The summed E-state index contributed by atoms with van der Waals surface area (Å²) in [5.74, 6) is -0.0119. The van der Waals surface area contributed by atoms with Crippen molar-refractivity contribution in [2.24, 2.45) is 0 Å². The molecular weight excluding hydrogens is 473 g/mol. The van der Waals surface area contributed by atoms with E-state index in [1.807, 2.05) is 0 Å². The average molecular weight is 485 g/mol. The van der Waals surface area contributed by atoms with E-state index in [1.165, 1.54) is 28.9 Å². The Kier molecular flexibility index (Phi) is 5.67. The van der Waals surface area contributed by atoms with E-state index in [9.17, 15) is 14.3 Å². The van der Waals surface area contributed by atoms with Gasteiger partial charge in [0.05, 0.1) is 15.1 Å². The van der Waals surface area contributed by atoms with Gasteiger partial charge in [0.25, 0.3) is 0 Å². The molecule has 0 saturated heterocycles. The molecule has 0 aliphatic heterocycles. The van der Waals surface area contributed by atoms with Crippen molar-refractivity contribution in [3.63, 3.8) is 0 Å². The van der Waals surface area contributed by atoms with Crippen LogP contribution in [0.25, 0.3) is 0 Å². The fraction of sp³-hybridized carbons (Fsp3) is 0.118. The summed E-state index contributed by atoms with van der Waals surface area (Å²) in [4.78, 5) is 12.2. The van der Waals surface area contributed by atoms with Crippen molar-refractivity contribution in [1.82, 2.24) is 15.0 Å². The number of rotatable bonds is 6. The number of phenolic OH excluding ortho intramolecular Hbond substituents is 1. The maximum atomic E-state index is 13.3. The van der Waals surface area contributed by atoms with Crippen molar-refractivity contribution in [2.45, 2.75) is 13.2 Å². The first-order chi connectivity index (χ1) is 12.4. The molecule has 1 N–H and O–H groups in total. The van der Waals surface area contributed by atoms with Gasteiger partial charge in [0.15, 0.2) is 5.78 Å². The predicted molar refractivity (Wildman–Crippen MR) is 98.6 cm³/mol. The molecule has 0 radical (unpaired) electrons. The number of aromatic hydroxyl groups is 1. The Morgan fingerprint density at radius 3 is 2.50 bits per heavy atom. The molecule has 0 fully saturated rings. The molecule has 3 rings (SSSR count). The summed E-state index contributed by atoms with van der Waals surface area (Å²) in [5, 5.41) is 17.1. The van der Waals surface area contributed by atoms with Crippen LogP contribution in [0.3, 0.4) is 0 Å². The van der Waals surface area contributed by atoms with Crippen molar-refractivity contribution < 1.29 is 19.0 Å². The topological polar surface area (TPSA) is 77.2 Å². The van der Waals surface area contributed by atoms with Crippen LogP contribution in [-0.4, -0.2) is 25.9 Å². The standard InChI is InChI=1S/C17H12Br2FN3O3/c18-14-5-11(20)6-15(19)17(14)26-9-12-7-23(22-21-12)8-16(25)10-1-3-13(24)4-2-10/h1-7,24H,8-9H2. The number of aromatic nitrogens is 3. The molecule has 0 atom stereocenters. The lowest BCUT2D eigenvalue weighted by Crippen LogP contribution is -2.10. The van der Waals surface area contributed by atoms with Crippen molar-refractivity contribution in [2.75, 3.05) is 0 Å². The lowest BCUT2D eigenvalue weighted by Gasteiger charge is -2.08. The zero-order chi connectivity index (χ0) is 18.7. The van der Waals surface area contributed by atoms with Crippen molar-refractivity contribution in [3.8, 4) is 11.5 Å². The molecule has 3 aromatic rings. The number of halogens is 3. The molecule has 9 heteroatoms. The number of carbonyl (C=O) groups is 1. The van der Waals surface area contributed by atoms with Crippen LogP contribution in [0.15, 0.2) is 51.5 Å². The maximum Gasteiger partial charge on any atom is 0.184 e. The van der Waals surface area contributed by atoms with E-state index in [1.54, 1.807) is 18.3 Å². The van der Waals surface area contributed by atoms with E-state index in [0.29, 0.717) is 26.0 Å². The van der Waals surface area contributed by atoms with Crippen LogP contribution >= 0.6 is 31.9 Å². The second-order valence-electron chi connectivity index (χ2n) is 5.36. The summed E-state index contributed by atoms with van der Waals surface area (Å²) >= 11 is 6.48. The Morgan fingerprint density at radius 2 is 1.85 bits per heavy atom. The number of benzene rings is 2. The summed E-state index contributed by atoms with van der Waals surface area (Å²) in [6.07, 6.45) is 1.60. The fourth-order valence-electron chi connectivity index (χ4n) is 2.18. The molecule has 6 nitrogen and oxygen atoms in total. The molecule has 0 bridgehead atoms. The van der Waals surface area contributed by atoms with E-state index in [2.05, 4.69) is 42.2 Å². The van der Waals surface area contributed by atoms with Crippen LogP contribution in [0.2, 0.25) is 0 Å². The van der Waals surface area contributed by atoms with Crippen LogP contribution in [0, 0.1) is 5.82 Å². The summed E-state index contributed by atoms with van der Waals surface area (Å²) in [7, 11) is 0. The maximum absolute atomic E-state index is 13.3. The molecule has 0 amide bonds. The van der Waals surface area contributed by atoms with Gasteiger partial charge in [-0.3, -0.25) is 4.79 Å². The number of carbonyl (C=O) groups excluding carboxylic acids is 1. The number of ketones is 1. The largest absolute Gasteiger partial charge is 0.508 e. The fourth-order valence-corrected chi connectivity index (χ4v) is 3.54. The Hall–Kier alpha value is -2.26. The Balaban J connectivity index is 1.63. The number of hydrogen-bond donors (Lipinski definition) is 1. The van der Waals surface area contributed by atoms with Crippen LogP contribution < -0.4 is 4.74 Å². The SMILES string of the molecule is O=C(Cn1cc(COc2c(Br)cc(F)cc2Br)nn1)c1ccc(O)cc1. The monoisotopic (exact) mass is 483 g/mol. The number of phenols is 1. The molecule has 26 heavy (non-hydrogen) atoms. The van der Waals surface area contributed by atoms with Crippen LogP contribution in [0.1, 0.15) is 16.1 Å². The molecule has 1 heterocycles. The third kappa shape index (κ3) is 4.47. The first kappa shape index (κ1) is 18.5. The molecule has 0 aliphatic carbocycles. The molecule has 1 aromatic heterocycles. The number of ether oxygens (including phenoxy) is 1. The van der Waals surface area contributed by atoms with Gasteiger partial charge in [-0.2, -0.15) is 0 Å². The lowest BCUT2D eigenvalue weighted by molar-refractivity contribution is 0.0967. The van der Waals surface area contributed by atoms with Crippen LogP contribution in [0.4, 0.5) is 4.39 Å². The first-order valence-electron chi connectivity index (χ1n) is 7.41. The highest BCUT2D eigenvalue weighted by Gasteiger charge is 2.12. The minimum atomic E-state index is -0.394. The minimum Gasteiger partial charge on any atom is -0.508 e. The van der Waals surface area contributed by atoms with E-state index in [0.717, 1.165) is 0 Å². The first-order valence-corrected chi connectivity index (χ1v) is 8.99. The summed E-state index contributed by atoms with van der Waals surface area (Å²) in [6.45, 7) is 0.123. The van der Waals surface area contributed by atoms with Gasteiger partial charge in [-0.1, -0.05) is 5.21 Å². The van der Waals surface area contributed by atoms with Crippen molar-refractivity contribution in [3.05, 3.63) is 68.6 Å². The second kappa shape index (κ2) is 7.96. The molecular formula is C17H12Br2FN3O3. The van der Waals surface area contributed by atoms with E-state index >= 15 is 0 Å². The highest BCUT2D eigenvalue weighted by Crippen LogP contribution is 2.34. The van der Waals surface area contributed by atoms with Gasteiger partial charge >= 0.3 is 0 Å². The summed E-state index contributed by atoms with van der Waals surface area (Å²) < 4.78 is 21.3. The van der Waals surface area contributed by atoms with E-state index in [-0.39, 0.29) is 24.7 Å². The zero-order valence-corrected chi connectivity index (χ0v) is 16.4. The Bertz CT molecular complexity index is 922. The van der Waals surface area contributed by atoms with Gasteiger partial charge in [0.1, 0.15) is 36.2 Å². The molecule has 0 spiro atoms. The van der Waals surface area contributed by atoms with Gasteiger partial charge < -0.3 is 9.84 Å². The summed E-state index contributed by atoms with van der Waals surface area (Å²) in [6, 6.07) is 8.59. The van der Waals surface area contributed by atoms with Gasteiger partial charge in [0, 0.05) is 5.56 Å². The number of Topliss-reactive ketones (excluding diaryl/α,β-unsaturated/α-hetero) is 1. The quantitative estimate of drug-likeness (QED) is 0.533. The Morgan fingerprint density at radius 1 is 1.19 bits per heavy atom. The highest BCUT2D eigenvalue weighted by molar-refractivity contribution is 9.11. The van der Waals surface area contributed by atoms with Crippen molar-refractivity contribution >= 4 is 37.6 Å². The lowest BCUT2D eigenvalue weighted by atomic mass is 10.1. The van der Waals surface area contributed by atoms with Crippen molar-refractivity contribution in [1.29, 1.82) is 0 Å². The minimum absolute atomic E-state index is 0.0156. The predicted octanol–water partition coefficient (Wildman–Crippen LogP) is 4.11. The molecule has 134 valence electrons. The molecule has 2 aromatic carbocycles. The average Bonchev–Trinajstić information content (AvgIpc) is 3.01.